The molecule has 102 valence electrons. The molecule has 6 heteroatoms. The molecule has 0 aliphatic heterocycles. The second-order valence-corrected chi connectivity index (χ2v) is 5.54. The zero-order valence-electron chi connectivity index (χ0n) is 11.1. The Morgan fingerprint density at radius 2 is 2.20 bits per heavy atom. The van der Waals surface area contributed by atoms with Gasteiger partial charge in [-0.2, -0.15) is 4.98 Å². The van der Waals surface area contributed by atoms with Crippen LogP contribution in [0.4, 0.5) is 0 Å². The Bertz CT molecular complexity index is 651. The van der Waals surface area contributed by atoms with Crippen molar-refractivity contribution >= 4 is 11.3 Å². The maximum atomic E-state index is 5.28. The molecule has 0 amide bonds. The summed E-state index contributed by atoms with van der Waals surface area (Å²) in [4.78, 5) is 11.9. The average Bonchev–Trinajstić information content (AvgIpc) is 3.11. The molecule has 5 nitrogen and oxygen atoms in total. The highest BCUT2D eigenvalue weighted by Gasteiger charge is 2.11. The van der Waals surface area contributed by atoms with Crippen LogP contribution in [-0.2, 0) is 13.1 Å². The SMILES string of the molecule is CN(Cc1nc(-c2cccnc2)no1)Cc1cccs1. The van der Waals surface area contributed by atoms with Gasteiger partial charge in [-0.15, -0.1) is 11.3 Å². The van der Waals surface area contributed by atoms with E-state index in [0.717, 1.165) is 12.1 Å². The average molecular weight is 286 g/mol. The molecule has 20 heavy (non-hydrogen) atoms. The molecule has 0 unspecified atom stereocenters. The van der Waals surface area contributed by atoms with E-state index in [2.05, 4.69) is 37.5 Å². The minimum atomic E-state index is 0.581. The van der Waals surface area contributed by atoms with E-state index in [9.17, 15) is 0 Å². The summed E-state index contributed by atoms with van der Waals surface area (Å²) in [6, 6.07) is 7.95. The fourth-order valence-corrected chi connectivity index (χ4v) is 2.67. The van der Waals surface area contributed by atoms with Crippen LogP contribution in [-0.4, -0.2) is 27.1 Å². The summed E-state index contributed by atoms with van der Waals surface area (Å²) in [6.07, 6.45) is 3.45. The highest BCUT2D eigenvalue weighted by molar-refractivity contribution is 7.09. The molecule has 0 atom stereocenters. The quantitative estimate of drug-likeness (QED) is 0.722. The Morgan fingerprint density at radius 1 is 1.25 bits per heavy atom. The lowest BCUT2D eigenvalue weighted by Gasteiger charge is -2.12. The van der Waals surface area contributed by atoms with E-state index in [0.29, 0.717) is 18.3 Å². The molecule has 0 fully saturated rings. The summed E-state index contributed by atoms with van der Waals surface area (Å²) in [5, 5.41) is 6.07. The van der Waals surface area contributed by atoms with Crippen LogP contribution in [0.2, 0.25) is 0 Å². The largest absolute Gasteiger partial charge is 0.338 e. The third-order valence-electron chi connectivity index (χ3n) is 2.80. The van der Waals surface area contributed by atoms with E-state index in [1.54, 1.807) is 23.7 Å². The van der Waals surface area contributed by atoms with Gasteiger partial charge in [-0.25, -0.2) is 0 Å². The molecule has 0 saturated carbocycles. The number of thiophene rings is 1. The van der Waals surface area contributed by atoms with Crippen LogP contribution in [0.3, 0.4) is 0 Å². The fraction of sp³-hybridized carbons (Fsp3) is 0.214. The molecular formula is C14H14N4OS. The predicted molar refractivity (Wildman–Crippen MR) is 77.0 cm³/mol. The van der Waals surface area contributed by atoms with E-state index >= 15 is 0 Å². The van der Waals surface area contributed by atoms with E-state index < -0.39 is 0 Å². The number of hydrogen-bond donors (Lipinski definition) is 0. The van der Waals surface area contributed by atoms with Gasteiger partial charge in [0.25, 0.3) is 0 Å². The molecule has 3 aromatic rings. The monoisotopic (exact) mass is 286 g/mol. The first kappa shape index (κ1) is 13.0. The second kappa shape index (κ2) is 5.94. The van der Waals surface area contributed by atoms with Crippen LogP contribution in [0.15, 0.2) is 46.6 Å². The van der Waals surface area contributed by atoms with Gasteiger partial charge in [0, 0.05) is 29.4 Å². The highest BCUT2D eigenvalue weighted by atomic mass is 32.1. The summed E-state index contributed by atoms with van der Waals surface area (Å²) < 4.78 is 5.28. The minimum Gasteiger partial charge on any atom is -0.338 e. The van der Waals surface area contributed by atoms with Gasteiger partial charge in [-0.05, 0) is 30.6 Å². The van der Waals surface area contributed by atoms with Crippen molar-refractivity contribution in [1.29, 1.82) is 0 Å². The maximum absolute atomic E-state index is 5.28. The lowest BCUT2D eigenvalue weighted by molar-refractivity contribution is 0.262. The first-order valence-corrected chi connectivity index (χ1v) is 7.13. The molecule has 3 heterocycles. The summed E-state index contributed by atoms with van der Waals surface area (Å²) >= 11 is 1.75. The van der Waals surface area contributed by atoms with Crippen LogP contribution in [0.25, 0.3) is 11.4 Å². The van der Waals surface area contributed by atoms with Crippen molar-refractivity contribution < 1.29 is 4.52 Å². The number of rotatable bonds is 5. The first-order valence-electron chi connectivity index (χ1n) is 6.25. The summed E-state index contributed by atoms with van der Waals surface area (Å²) in [7, 11) is 2.04. The van der Waals surface area contributed by atoms with Crippen LogP contribution >= 0.6 is 11.3 Å². The van der Waals surface area contributed by atoms with Gasteiger partial charge < -0.3 is 4.52 Å². The van der Waals surface area contributed by atoms with Crippen LogP contribution in [0, 0.1) is 0 Å². The van der Waals surface area contributed by atoms with Gasteiger partial charge in [0.1, 0.15) is 0 Å². The van der Waals surface area contributed by atoms with Crippen molar-refractivity contribution in [1.82, 2.24) is 20.0 Å². The normalized spacial score (nSPS) is 11.1. The number of pyridine rings is 1. The smallest absolute Gasteiger partial charge is 0.241 e. The first-order chi connectivity index (χ1) is 9.81. The molecule has 0 saturated heterocycles. The lowest BCUT2D eigenvalue weighted by atomic mass is 10.3. The van der Waals surface area contributed by atoms with Gasteiger partial charge in [0.05, 0.1) is 6.54 Å². The van der Waals surface area contributed by atoms with Gasteiger partial charge in [-0.3, -0.25) is 9.88 Å². The van der Waals surface area contributed by atoms with Crippen LogP contribution in [0.1, 0.15) is 10.8 Å². The number of aromatic nitrogens is 3. The molecule has 3 aromatic heterocycles. The molecule has 0 aromatic carbocycles. The van der Waals surface area contributed by atoms with Crippen LogP contribution < -0.4 is 0 Å². The lowest BCUT2D eigenvalue weighted by Crippen LogP contribution is -2.16. The van der Waals surface area contributed by atoms with Crippen molar-refractivity contribution in [3.8, 4) is 11.4 Å². The minimum absolute atomic E-state index is 0.581. The summed E-state index contributed by atoms with van der Waals surface area (Å²) in [5.41, 5.74) is 0.864. The fourth-order valence-electron chi connectivity index (χ4n) is 1.89. The van der Waals surface area contributed by atoms with Crippen LogP contribution in [0.5, 0.6) is 0 Å². The summed E-state index contributed by atoms with van der Waals surface area (Å²) in [6.45, 7) is 1.51. The number of nitrogens with zero attached hydrogens (tertiary/aromatic N) is 4. The van der Waals surface area contributed by atoms with Crippen molar-refractivity contribution in [2.45, 2.75) is 13.1 Å². The Hall–Kier alpha value is -2.05. The standard InChI is InChI=1S/C14H14N4OS/c1-18(9-12-5-3-7-20-12)10-13-16-14(17-19-13)11-4-2-6-15-8-11/h2-8H,9-10H2,1H3. The molecular weight excluding hydrogens is 272 g/mol. The zero-order chi connectivity index (χ0) is 13.8. The molecule has 0 radical (unpaired) electrons. The number of hydrogen-bond acceptors (Lipinski definition) is 6. The highest BCUT2D eigenvalue weighted by Crippen LogP contribution is 2.16. The second-order valence-electron chi connectivity index (χ2n) is 4.51. The zero-order valence-corrected chi connectivity index (χ0v) is 11.9. The van der Waals surface area contributed by atoms with E-state index in [1.165, 1.54) is 4.88 Å². The van der Waals surface area contributed by atoms with Gasteiger partial charge in [0.15, 0.2) is 0 Å². The van der Waals surface area contributed by atoms with Crippen molar-refractivity contribution in [3.05, 3.63) is 52.8 Å². The third kappa shape index (κ3) is 3.09. The third-order valence-corrected chi connectivity index (χ3v) is 3.66. The molecule has 3 rings (SSSR count). The Balaban J connectivity index is 1.65. The van der Waals surface area contributed by atoms with Gasteiger partial charge in [0.2, 0.25) is 11.7 Å². The Morgan fingerprint density at radius 3 is 2.95 bits per heavy atom. The van der Waals surface area contributed by atoms with E-state index in [-0.39, 0.29) is 0 Å². The predicted octanol–water partition coefficient (Wildman–Crippen LogP) is 2.83. The molecule has 0 spiro atoms. The van der Waals surface area contributed by atoms with Gasteiger partial charge in [-0.1, -0.05) is 11.2 Å². The van der Waals surface area contributed by atoms with Crippen molar-refractivity contribution in [2.75, 3.05) is 7.05 Å². The summed E-state index contributed by atoms with van der Waals surface area (Å²) in [5.74, 6) is 1.19. The molecule has 0 aliphatic rings. The van der Waals surface area contributed by atoms with Crippen molar-refractivity contribution in [2.24, 2.45) is 0 Å². The van der Waals surface area contributed by atoms with Gasteiger partial charge >= 0.3 is 0 Å². The molecule has 0 bridgehead atoms. The van der Waals surface area contributed by atoms with Crippen molar-refractivity contribution in [3.63, 3.8) is 0 Å². The van der Waals surface area contributed by atoms with E-state index in [4.69, 9.17) is 4.52 Å². The van der Waals surface area contributed by atoms with E-state index in [1.807, 2.05) is 19.2 Å². The molecule has 0 aliphatic carbocycles. The topological polar surface area (TPSA) is 55.1 Å². The Labute approximate surface area is 120 Å². The Kier molecular flexibility index (Phi) is 3.85. The maximum Gasteiger partial charge on any atom is 0.241 e. The molecule has 0 N–H and O–H groups in total.